The van der Waals surface area contributed by atoms with Crippen LogP contribution in [0.2, 0.25) is 10.0 Å². The van der Waals surface area contributed by atoms with Gasteiger partial charge >= 0.3 is 0 Å². The van der Waals surface area contributed by atoms with Crippen LogP contribution in [-0.2, 0) is 4.79 Å². The van der Waals surface area contributed by atoms with E-state index in [0.29, 0.717) is 15.7 Å². The van der Waals surface area contributed by atoms with Crippen molar-refractivity contribution in [2.45, 2.75) is 13.0 Å². The average Bonchev–Trinajstić information content (AvgIpc) is 2.22. The van der Waals surface area contributed by atoms with E-state index >= 15 is 0 Å². The molecule has 82 valence electrons. The number of carbonyl (C=O) groups excluding carboxylic acids is 1. The van der Waals surface area contributed by atoms with Gasteiger partial charge in [0.2, 0.25) is 5.91 Å². The van der Waals surface area contributed by atoms with Gasteiger partial charge in [0.05, 0.1) is 15.7 Å². The van der Waals surface area contributed by atoms with E-state index in [4.69, 9.17) is 23.2 Å². The Morgan fingerprint density at radius 3 is 2.33 bits per heavy atom. The summed E-state index contributed by atoms with van der Waals surface area (Å²) >= 11 is 11.9. The van der Waals surface area contributed by atoms with Crippen molar-refractivity contribution in [1.29, 1.82) is 0 Å². The minimum atomic E-state index is -0.382. The predicted octanol–water partition coefficient (Wildman–Crippen LogP) is 2.54. The monoisotopic (exact) mass is 246 g/mol. The van der Waals surface area contributed by atoms with Gasteiger partial charge in [-0.25, -0.2) is 0 Å². The Bertz CT molecular complexity index is 348. The van der Waals surface area contributed by atoms with Crippen molar-refractivity contribution in [2.24, 2.45) is 0 Å². The van der Waals surface area contributed by atoms with Gasteiger partial charge < -0.3 is 10.6 Å². The molecule has 0 heterocycles. The van der Waals surface area contributed by atoms with Gasteiger partial charge in [-0.1, -0.05) is 29.3 Å². The number of hydrogen-bond donors (Lipinski definition) is 2. The highest BCUT2D eigenvalue weighted by molar-refractivity contribution is 6.39. The predicted molar refractivity (Wildman–Crippen MR) is 63.6 cm³/mol. The molecule has 2 N–H and O–H groups in total. The lowest BCUT2D eigenvalue weighted by molar-refractivity contribution is -0.121. The van der Waals surface area contributed by atoms with E-state index in [1.54, 1.807) is 32.2 Å². The molecule has 1 aromatic rings. The largest absolute Gasteiger partial charge is 0.371 e. The summed E-state index contributed by atoms with van der Waals surface area (Å²) in [4.78, 5) is 11.3. The molecule has 0 aliphatic rings. The Morgan fingerprint density at radius 2 is 1.87 bits per heavy atom. The number of para-hydroxylation sites is 1. The van der Waals surface area contributed by atoms with Crippen LogP contribution >= 0.6 is 23.2 Å². The van der Waals surface area contributed by atoms with Gasteiger partial charge in [0, 0.05) is 7.05 Å². The molecule has 1 unspecified atom stereocenters. The van der Waals surface area contributed by atoms with Crippen LogP contribution in [0.25, 0.3) is 0 Å². The molecule has 0 aromatic heterocycles. The van der Waals surface area contributed by atoms with E-state index in [-0.39, 0.29) is 11.9 Å². The van der Waals surface area contributed by atoms with Gasteiger partial charge in [-0.2, -0.15) is 0 Å². The molecule has 0 saturated carbocycles. The van der Waals surface area contributed by atoms with Gasteiger partial charge in [-0.05, 0) is 19.1 Å². The Hall–Kier alpha value is -0.930. The Kier molecular flexibility index (Phi) is 4.24. The van der Waals surface area contributed by atoms with Crippen molar-refractivity contribution in [2.75, 3.05) is 12.4 Å². The first-order valence-corrected chi connectivity index (χ1v) is 5.24. The number of rotatable bonds is 3. The third-order valence-electron chi connectivity index (χ3n) is 1.96. The number of benzene rings is 1. The molecule has 0 radical (unpaired) electrons. The maximum absolute atomic E-state index is 11.3. The highest BCUT2D eigenvalue weighted by Crippen LogP contribution is 2.30. The molecule has 0 bridgehead atoms. The molecule has 0 aliphatic heterocycles. The highest BCUT2D eigenvalue weighted by Gasteiger charge is 2.13. The summed E-state index contributed by atoms with van der Waals surface area (Å²) in [6.45, 7) is 1.73. The average molecular weight is 247 g/mol. The Balaban J connectivity index is 2.85. The zero-order valence-corrected chi connectivity index (χ0v) is 9.99. The van der Waals surface area contributed by atoms with Gasteiger partial charge in [-0.3, -0.25) is 4.79 Å². The highest BCUT2D eigenvalue weighted by atomic mass is 35.5. The van der Waals surface area contributed by atoms with Crippen LogP contribution in [0, 0.1) is 0 Å². The van der Waals surface area contributed by atoms with Gasteiger partial charge in [0.25, 0.3) is 0 Å². The van der Waals surface area contributed by atoms with Gasteiger partial charge in [0.15, 0.2) is 0 Å². The summed E-state index contributed by atoms with van der Waals surface area (Å²) < 4.78 is 0. The Morgan fingerprint density at radius 1 is 1.33 bits per heavy atom. The van der Waals surface area contributed by atoms with Crippen LogP contribution < -0.4 is 10.6 Å². The summed E-state index contributed by atoms with van der Waals surface area (Å²) in [6.07, 6.45) is 0. The molecule has 1 aromatic carbocycles. The lowest BCUT2D eigenvalue weighted by Crippen LogP contribution is -2.35. The zero-order chi connectivity index (χ0) is 11.4. The number of nitrogens with one attached hydrogen (secondary N) is 2. The number of hydrogen-bond acceptors (Lipinski definition) is 2. The van der Waals surface area contributed by atoms with E-state index in [1.165, 1.54) is 0 Å². The van der Waals surface area contributed by atoms with Crippen LogP contribution in [0.15, 0.2) is 18.2 Å². The summed E-state index contributed by atoms with van der Waals surface area (Å²) in [5, 5.41) is 6.49. The third kappa shape index (κ3) is 3.01. The van der Waals surface area contributed by atoms with Crippen molar-refractivity contribution in [1.82, 2.24) is 5.32 Å². The van der Waals surface area contributed by atoms with Crippen LogP contribution in [-0.4, -0.2) is 19.0 Å². The molecule has 0 aliphatic carbocycles. The van der Waals surface area contributed by atoms with E-state index in [2.05, 4.69) is 10.6 Å². The summed E-state index contributed by atoms with van der Waals surface area (Å²) in [6, 6.07) is 4.80. The molecule has 0 saturated heterocycles. The van der Waals surface area contributed by atoms with E-state index in [9.17, 15) is 4.79 Å². The lowest BCUT2D eigenvalue weighted by Gasteiger charge is -2.15. The zero-order valence-electron chi connectivity index (χ0n) is 8.47. The molecule has 1 rings (SSSR count). The minimum absolute atomic E-state index is 0.119. The topological polar surface area (TPSA) is 41.1 Å². The molecule has 3 nitrogen and oxygen atoms in total. The van der Waals surface area contributed by atoms with Crippen LogP contribution in [0.1, 0.15) is 6.92 Å². The number of likely N-dealkylation sites (N-methyl/N-ethyl adjacent to an activating group) is 1. The van der Waals surface area contributed by atoms with Crippen LogP contribution in [0.5, 0.6) is 0 Å². The first kappa shape index (κ1) is 12.1. The second-order valence-electron chi connectivity index (χ2n) is 3.08. The third-order valence-corrected chi connectivity index (χ3v) is 2.59. The minimum Gasteiger partial charge on any atom is -0.371 e. The molecule has 5 heteroatoms. The van der Waals surface area contributed by atoms with Crippen LogP contribution in [0.4, 0.5) is 5.69 Å². The number of carbonyl (C=O) groups is 1. The van der Waals surface area contributed by atoms with Gasteiger partial charge in [-0.15, -0.1) is 0 Å². The first-order chi connectivity index (χ1) is 7.06. The maximum Gasteiger partial charge on any atom is 0.241 e. The van der Waals surface area contributed by atoms with Crippen molar-refractivity contribution in [3.8, 4) is 0 Å². The molecule has 1 amide bonds. The van der Waals surface area contributed by atoms with E-state index in [0.717, 1.165) is 0 Å². The lowest BCUT2D eigenvalue weighted by atomic mass is 10.2. The Labute approximate surface area is 98.8 Å². The molecule has 0 fully saturated rings. The summed E-state index contributed by atoms with van der Waals surface area (Å²) in [7, 11) is 1.58. The summed E-state index contributed by atoms with van der Waals surface area (Å²) in [5.74, 6) is -0.119. The fourth-order valence-corrected chi connectivity index (χ4v) is 1.64. The van der Waals surface area contributed by atoms with Crippen molar-refractivity contribution in [3.63, 3.8) is 0 Å². The van der Waals surface area contributed by atoms with Crippen LogP contribution in [0.3, 0.4) is 0 Å². The molecular formula is C10H12Cl2N2O. The standard InChI is InChI=1S/C10H12Cl2N2O/c1-6(10(15)13-2)14-9-7(11)4-3-5-8(9)12/h3-6,14H,1-2H3,(H,13,15). The second-order valence-corrected chi connectivity index (χ2v) is 3.89. The quantitative estimate of drug-likeness (QED) is 0.861. The fraction of sp³-hybridized carbons (Fsp3) is 0.300. The maximum atomic E-state index is 11.3. The van der Waals surface area contributed by atoms with Crippen molar-refractivity contribution in [3.05, 3.63) is 28.2 Å². The number of amides is 1. The first-order valence-electron chi connectivity index (χ1n) is 4.48. The smallest absolute Gasteiger partial charge is 0.241 e. The molecular weight excluding hydrogens is 235 g/mol. The number of halogens is 2. The summed E-state index contributed by atoms with van der Waals surface area (Å²) in [5.41, 5.74) is 0.580. The molecule has 15 heavy (non-hydrogen) atoms. The van der Waals surface area contributed by atoms with Gasteiger partial charge in [0.1, 0.15) is 6.04 Å². The fourth-order valence-electron chi connectivity index (χ4n) is 1.13. The molecule has 1 atom stereocenters. The normalized spacial score (nSPS) is 12.0. The second kappa shape index (κ2) is 5.24. The SMILES string of the molecule is CNC(=O)C(C)Nc1c(Cl)cccc1Cl. The molecule has 0 spiro atoms. The van der Waals surface area contributed by atoms with Crippen molar-refractivity contribution >= 4 is 34.8 Å². The number of anilines is 1. The van der Waals surface area contributed by atoms with E-state index in [1.807, 2.05) is 0 Å². The van der Waals surface area contributed by atoms with Crippen molar-refractivity contribution < 1.29 is 4.79 Å². The van der Waals surface area contributed by atoms with E-state index < -0.39 is 0 Å².